The van der Waals surface area contributed by atoms with Crippen molar-refractivity contribution >= 4 is 0 Å². The molecule has 0 heterocycles. The van der Waals surface area contributed by atoms with Crippen molar-refractivity contribution in [2.45, 2.75) is 57.5 Å². The van der Waals surface area contributed by atoms with Crippen molar-refractivity contribution in [1.29, 1.82) is 0 Å². The summed E-state index contributed by atoms with van der Waals surface area (Å²) in [5.74, 6) is -5.10. The SMILES string of the molecule is CC/C=C\CC1CCC(c2ccc(-c3ccc(-c4ccc(C(F)(F)Oc5ccc(F)c(F)c5)c(F)c4)c(F)c3)c(F)c2)CC1. The fourth-order valence-electron chi connectivity index (χ4n) is 5.78. The van der Waals surface area contributed by atoms with Gasteiger partial charge in [-0.05, 0) is 103 Å². The van der Waals surface area contributed by atoms with Crippen molar-refractivity contribution in [3.8, 4) is 28.0 Å². The minimum Gasteiger partial charge on any atom is -0.429 e. The molecule has 0 unspecified atom stereocenters. The van der Waals surface area contributed by atoms with Crippen LogP contribution < -0.4 is 4.74 Å². The van der Waals surface area contributed by atoms with Gasteiger partial charge in [0.25, 0.3) is 0 Å². The van der Waals surface area contributed by atoms with Gasteiger partial charge in [-0.25, -0.2) is 22.0 Å². The maximum atomic E-state index is 15.2. The summed E-state index contributed by atoms with van der Waals surface area (Å²) in [4.78, 5) is 0. The maximum Gasteiger partial charge on any atom is 0.429 e. The molecule has 0 aromatic heterocycles. The Labute approximate surface area is 252 Å². The summed E-state index contributed by atoms with van der Waals surface area (Å²) in [6.45, 7) is 2.11. The molecule has 0 saturated heterocycles. The van der Waals surface area contributed by atoms with Gasteiger partial charge in [0.15, 0.2) is 11.6 Å². The fourth-order valence-corrected chi connectivity index (χ4v) is 5.78. The van der Waals surface area contributed by atoms with Gasteiger partial charge in [0.2, 0.25) is 0 Å². The topological polar surface area (TPSA) is 9.23 Å². The van der Waals surface area contributed by atoms with Crippen LogP contribution in [0.5, 0.6) is 5.75 Å². The first kappa shape index (κ1) is 31.4. The Morgan fingerprint density at radius 3 is 1.91 bits per heavy atom. The molecule has 1 aliphatic rings. The maximum absolute atomic E-state index is 15.2. The van der Waals surface area contributed by atoms with Crippen LogP contribution in [0.25, 0.3) is 22.3 Å². The van der Waals surface area contributed by atoms with Gasteiger partial charge < -0.3 is 4.74 Å². The number of hydrogen-bond acceptors (Lipinski definition) is 1. The van der Waals surface area contributed by atoms with E-state index in [0.29, 0.717) is 18.1 Å². The van der Waals surface area contributed by atoms with E-state index < -0.39 is 46.5 Å². The zero-order valence-electron chi connectivity index (χ0n) is 24.0. The zero-order valence-corrected chi connectivity index (χ0v) is 24.0. The standard InChI is InChI=1S/C36H31F7O/c1-2-3-4-5-22-6-8-23(9-7-22)24-10-14-28(32(38)18-24)25-11-15-29(33(39)19-25)26-12-16-30(34(40)20-26)36(42,43)44-27-13-17-31(37)35(41)21-27/h3-4,10-23H,2,5-9H2,1H3/b4-3-. The normalized spacial score (nSPS) is 17.3. The summed E-state index contributed by atoms with van der Waals surface area (Å²) in [5, 5.41) is 0. The van der Waals surface area contributed by atoms with Gasteiger partial charge in [0.1, 0.15) is 23.2 Å². The number of ether oxygens (including phenoxy) is 1. The molecule has 0 N–H and O–H groups in total. The van der Waals surface area contributed by atoms with Crippen LogP contribution in [0.1, 0.15) is 62.5 Å². The third-order valence-corrected chi connectivity index (χ3v) is 8.19. The van der Waals surface area contributed by atoms with Crippen molar-refractivity contribution in [2.24, 2.45) is 5.92 Å². The lowest BCUT2D eigenvalue weighted by molar-refractivity contribution is -0.187. The molecule has 1 nitrogen and oxygen atoms in total. The van der Waals surface area contributed by atoms with E-state index in [0.717, 1.165) is 74.4 Å². The number of alkyl halides is 2. The minimum atomic E-state index is -4.23. The third-order valence-electron chi connectivity index (χ3n) is 8.19. The van der Waals surface area contributed by atoms with Gasteiger partial charge in [-0.15, -0.1) is 0 Å². The largest absolute Gasteiger partial charge is 0.429 e. The molecule has 4 aromatic rings. The van der Waals surface area contributed by atoms with Crippen LogP contribution in [0, 0.1) is 35.0 Å². The van der Waals surface area contributed by atoms with E-state index in [9.17, 15) is 22.0 Å². The highest BCUT2D eigenvalue weighted by molar-refractivity contribution is 5.72. The highest BCUT2D eigenvalue weighted by Gasteiger charge is 2.38. The lowest BCUT2D eigenvalue weighted by Crippen LogP contribution is -2.23. The Hall–Kier alpha value is -4.07. The molecule has 0 aliphatic heterocycles. The smallest absolute Gasteiger partial charge is 0.429 e. The number of rotatable bonds is 9. The lowest BCUT2D eigenvalue weighted by atomic mass is 9.77. The first-order chi connectivity index (χ1) is 21.1. The second kappa shape index (κ2) is 13.3. The van der Waals surface area contributed by atoms with Crippen LogP contribution >= 0.6 is 0 Å². The molecule has 44 heavy (non-hydrogen) atoms. The van der Waals surface area contributed by atoms with Crippen molar-refractivity contribution in [3.05, 3.63) is 125 Å². The van der Waals surface area contributed by atoms with Gasteiger partial charge in [0.05, 0.1) is 5.56 Å². The Morgan fingerprint density at radius 2 is 1.30 bits per heavy atom. The average Bonchev–Trinajstić information content (AvgIpc) is 2.99. The van der Waals surface area contributed by atoms with Crippen LogP contribution in [0.15, 0.2) is 84.9 Å². The molecule has 0 spiro atoms. The minimum absolute atomic E-state index is 0.0319. The summed E-state index contributed by atoms with van der Waals surface area (Å²) in [7, 11) is 0. The fraction of sp³-hybridized carbons (Fsp3) is 0.278. The highest BCUT2D eigenvalue weighted by Crippen LogP contribution is 2.40. The molecule has 1 aliphatic carbocycles. The Kier molecular flexibility index (Phi) is 9.47. The van der Waals surface area contributed by atoms with E-state index in [-0.39, 0.29) is 28.2 Å². The number of allylic oxidation sites excluding steroid dienone is 2. The van der Waals surface area contributed by atoms with E-state index >= 15 is 8.78 Å². The Morgan fingerprint density at radius 1 is 0.659 bits per heavy atom. The zero-order chi connectivity index (χ0) is 31.4. The average molecular weight is 613 g/mol. The van der Waals surface area contributed by atoms with Gasteiger partial charge in [0, 0.05) is 17.2 Å². The second-order valence-electron chi connectivity index (χ2n) is 11.2. The number of halogens is 7. The molecule has 0 atom stereocenters. The monoisotopic (exact) mass is 612 g/mol. The molecule has 0 radical (unpaired) electrons. The predicted octanol–water partition coefficient (Wildman–Crippen LogP) is 11.5. The molecule has 5 rings (SSSR count). The van der Waals surface area contributed by atoms with Crippen LogP contribution in [0.2, 0.25) is 0 Å². The van der Waals surface area contributed by atoms with Crippen molar-refractivity contribution < 1.29 is 35.5 Å². The van der Waals surface area contributed by atoms with Crippen LogP contribution in [-0.2, 0) is 6.11 Å². The number of benzene rings is 4. The molecule has 4 aromatic carbocycles. The van der Waals surface area contributed by atoms with Gasteiger partial charge >= 0.3 is 6.11 Å². The summed E-state index contributed by atoms with van der Waals surface area (Å²) < 4.78 is 105. The van der Waals surface area contributed by atoms with Crippen LogP contribution in [0.3, 0.4) is 0 Å². The molecule has 230 valence electrons. The summed E-state index contributed by atoms with van der Waals surface area (Å²) in [6.07, 6.45) is 6.47. The van der Waals surface area contributed by atoms with Crippen LogP contribution in [-0.4, -0.2) is 0 Å². The van der Waals surface area contributed by atoms with E-state index in [4.69, 9.17) is 0 Å². The highest BCUT2D eigenvalue weighted by atomic mass is 19.3. The quantitative estimate of drug-likeness (QED) is 0.135. The predicted molar refractivity (Wildman–Crippen MR) is 157 cm³/mol. The Balaban J connectivity index is 1.30. The first-order valence-electron chi connectivity index (χ1n) is 14.6. The lowest BCUT2D eigenvalue weighted by Gasteiger charge is -2.28. The van der Waals surface area contributed by atoms with Crippen LogP contribution in [0.4, 0.5) is 30.7 Å². The van der Waals surface area contributed by atoms with Crippen molar-refractivity contribution in [3.63, 3.8) is 0 Å². The second-order valence-corrected chi connectivity index (χ2v) is 11.2. The third kappa shape index (κ3) is 7.01. The van der Waals surface area contributed by atoms with Gasteiger partial charge in [-0.2, -0.15) is 8.78 Å². The molecule has 8 heteroatoms. The van der Waals surface area contributed by atoms with Crippen molar-refractivity contribution in [1.82, 2.24) is 0 Å². The molecule has 0 bridgehead atoms. The van der Waals surface area contributed by atoms with Gasteiger partial charge in [-0.3, -0.25) is 0 Å². The van der Waals surface area contributed by atoms with Crippen molar-refractivity contribution in [2.75, 3.05) is 0 Å². The summed E-state index contributed by atoms with van der Waals surface area (Å²) in [6, 6.07) is 13.3. The molecular weight excluding hydrogens is 581 g/mol. The first-order valence-corrected chi connectivity index (χ1v) is 14.6. The van der Waals surface area contributed by atoms with E-state index in [1.807, 2.05) is 6.07 Å². The van der Waals surface area contributed by atoms with Gasteiger partial charge in [-0.1, -0.05) is 49.4 Å². The summed E-state index contributed by atoms with van der Waals surface area (Å²) in [5.41, 5.74) is 0.138. The number of hydrogen-bond donors (Lipinski definition) is 0. The summed E-state index contributed by atoms with van der Waals surface area (Å²) >= 11 is 0. The molecular formula is C36H31F7O. The molecule has 1 saturated carbocycles. The van der Waals surface area contributed by atoms with E-state index in [2.05, 4.69) is 23.8 Å². The molecule has 1 fully saturated rings. The van der Waals surface area contributed by atoms with E-state index in [1.54, 1.807) is 6.07 Å². The molecule has 0 amide bonds. The van der Waals surface area contributed by atoms with E-state index in [1.165, 1.54) is 18.2 Å². The Bertz CT molecular complexity index is 1650.